The summed E-state index contributed by atoms with van der Waals surface area (Å²) in [5, 5.41) is 24.8. The van der Waals surface area contributed by atoms with Crippen molar-refractivity contribution in [2.45, 2.75) is 6.42 Å². The number of nitrogens with zero attached hydrogens (tertiary/aromatic N) is 3. The molecule has 0 atom stereocenters. The molecule has 2 heterocycles. The van der Waals surface area contributed by atoms with E-state index in [2.05, 4.69) is 26.7 Å². The van der Waals surface area contributed by atoms with E-state index in [-0.39, 0.29) is 11.1 Å². The number of ether oxygens (including phenoxy) is 1. The summed E-state index contributed by atoms with van der Waals surface area (Å²) in [7, 11) is 0. The molecule has 0 radical (unpaired) electrons. The van der Waals surface area contributed by atoms with Gasteiger partial charge in [0.1, 0.15) is 11.6 Å². The summed E-state index contributed by atoms with van der Waals surface area (Å²) in [6.45, 7) is 0.550. The summed E-state index contributed by atoms with van der Waals surface area (Å²) in [6, 6.07) is 17.9. The van der Waals surface area contributed by atoms with Crippen molar-refractivity contribution in [3.8, 4) is 11.8 Å². The molecule has 4 rings (SSSR count). The van der Waals surface area contributed by atoms with Crippen LogP contribution in [-0.4, -0.2) is 27.6 Å². The molecule has 148 valence electrons. The van der Waals surface area contributed by atoms with Gasteiger partial charge in [0.25, 0.3) is 0 Å². The highest BCUT2D eigenvalue weighted by Crippen LogP contribution is 2.35. The summed E-state index contributed by atoms with van der Waals surface area (Å²) >= 11 is 0. The molecule has 8 nitrogen and oxygen atoms in total. The van der Waals surface area contributed by atoms with Gasteiger partial charge >= 0.3 is 5.97 Å². The van der Waals surface area contributed by atoms with E-state index in [9.17, 15) is 10.1 Å². The molecule has 0 unspecified atom stereocenters. The molecule has 8 heteroatoms. The Labute approximate surface area is 172 Å². The van der Waals surface area contributed by atoms with Crippen molar-refractivity contribution in [2.24, 2.45) is 0 Å². The Bertz CT molecular complexity index is 1140. The summed E-state index contributed by atoms with van der Waals surface area (Å²) in [6.07, 6.45) is 2.24. The van der Waals surface area contributed by atoms with Crippen LogP contribution >= 0.6 is 0 Å². The number of para-hydroxylation sites is 2. The quantitative estimate of drug-likeness (QED) is 0.539. The molecule has 1 aliphatic rings. The topological polar surface area (TPSA) is 120 Å². The maximum Gasteiger partial charge on any atom is 0.335 e. The first-order valence-electron chi connectivity index (χ1n) is 9.22. The van der Waals surface area contributed by atoms with E-state index in [1.807, 2.05) is 24.3 Å². The van der Waals surface area contributed by atoms with Gasteiger partial charge in [-0.2, -0.15) is 5.26 Å². The standard InChI is InChI=1S/C22H17N5O3/c23-13-16(20-26-18-3-1-2-4-19(18)30-20)17-10-12-25-22(27-17)24-11-9-14-5-7-15(8-6-14)21(28)29/h1-8,10,12,26H,9,11H2,(H,28,29)(H,24,25,27). The van der Waals surface area contributed by atoms with E-state index in [1.54, 1.807) is 36.5 Å². The lowest BCUT2D eigenvalue weighted by Crippen LogP contribution is -2.10. The van der Waals surface area contributed by atoms with Crippen LogP contribution in [0.25, 0.3) is 5.57 Å². The van der Waals surface area contributed by atoms with E-state index < -0.39 is 5.97 Å². The maximum absolute atomic E-state index is 10.9. The van der Waals surface area contributed by atoms with Gasteiger partial charge in [0.15, 0.2) is 5.75 Å². The second kappa shape index (κ2) is 8.32. The zero-order valence-electron chi connectivity index (χ0n) is 15.8. The van der Waals surface area contributed by atoms with Crippen LogP contribution in [0.1, 0.15) is 21.6 Å². The van der Waals surface area contributed by atoms with Gasteiger partial charge in [-0.25, -0.2) is 14.8 Å². The van der Waals surface area contributed by atoms with Crippen LogP contribution in [0.5, 0.6) is 5.75 Å². The molecule has 2 aromatic carbocycles. The Balaban J connectivity index is 1.44. The summed E-state index contributed by atoms with van der Waals surface area (Å²) in [5.74, 6) is 0.429. The molecule has 0 fully saturated rings. The fourth-order valence-electron chi connectivity index (χ4n) is 2.97. The molecule has 3 aromatic rings. The Kier molecular flexibility index (Phi) is 5.26. The van der Waals surface area contributed by atoms with Crippen molar-refractivity contribution in [1.29, 1.82) is 5.26 Å². The number of rotatable bonds is 6. The van der Waals surface area contributed by atoms with Crippen LogP contribution in [0.15, 0.2) is 66.7 Å². The first kappa shape index (κ1) is 19.0. The second-order valence-electron chi connectivity index (χ2n) is 6.48. The van der Waals surface area contributed by atoms with Crippen LogP contribution in [0, 0.1) is 11.3 Å². The molecule has 0 amide bonds. The van der Waals surface area contributed by atoms with Crippen LogP contribution < -0.4 is 15.4 Å². The first-order valence-corrected chi connectivity index (χ1v) is 9.22. The van der Waals surface area contributed by atoms with Gasteiger partial charge in [-0.3, -0.25) is 0 Å². The highest BCUT2D eigenvalue weighted by Gasteiger charge is 2.21. The number of allylic oxidation sites excluding steroid dienone is 1. The van der Waals surface area contributed by atoms with Gasteiger partial charge in [-0.1, -0.05) is 24.3 Å². The van der Waals surface area contributed by atoms with Crippen LogP contribution in [-0.2, 0) is 6.42 Å². The zero-order chi connectivity index (χ0) is 20.9. The predicted octanol–water partition coefficient (Wildman–Crippen LogP) is 3.53. The Hall–Kier alpha value is -4.38. The normalized spacial score (nSPS) is 13.4. The number of hydrogen-bond donors (Lipinski definition) is 3. The van der Waals surface area contributed by atoms with Gasteiger partial charge in [0.2, 0.25) is 11.8 Å². The molecular formula is C22H17N5O3. The molecule has 0 saturated carbocycles. The van der Waals surface area contributed by atoms with E-state index in [4.69, 9.17) is 9.84 Å². The van der Waals surface area contributed by atoms with E-state index in [0.29, 0.717) is 36.2 Å². The Morgan fingerprint density at radius 1 is 1.17 bits per heavy atom. The van der Waals surface area contributed by atoms with E-state index in [1.165, 1.54) is 0 Å². The van der Waals surface area contributed by atoms with Crippen LogP contribution in [0.4, 0.5) is 11.6 Å². The predicted molar refractivity (Wildman–Crippen MR) is 111 cm³/mol. The third kappa shape index (κ3) is 4.05. The average Bonchev–Trinajstić information content (AvgIpc) is 3.19. The summed E-state index contributed by atoms with van der Waals surface area (Å²) in [5.41, 5.74) is 2.76. The highest BCUT2D eigenvalue weighted by atomic mass is 16.5. The molecule has 0 saturated heterocycles. The minimum atomic E-state index is -0.948. The molecule has 0 aliphatic carbocycles. The summed E-state index contributed by atoms with van der Waals surface area (Å²) in [4.78, 5) is 19.5. The van der Waals surface area contributed by atoms with Crippen molar-refractivity contribution in [2.75, 3.05) is 17.2 Å². The number of nitriles is 1. The zero-order valence-corrected chi connectivity index (χ0v) is 15.8. The number of anilines is 2. The Morgan fingerprint density at radius 3 is 2.70 bits per heavy atom. The lowest BCUT2D eigenvalue weighted by Gasteiger charge is -2.08. The van der Waals surface area contributed by atoms with Gasteiger partial charge in [-0.05, 0) is 42.3 Å². The van der Waals surface area contributed by atoms with Crippen molar-refractivity contribution in [1.82, 2.24) is 9.97 Å². The fourth-order valence-corrected chi connectivity index (χ4v) is 2.97. The number of aromatic carboxylic acids is 1. The molecule has 3 N–H and O–H groups in total. The number of carboxylic acids is 1. The molecule has 1 aliphatic heterocycles. The molecule has 0 spiro atoms. The lowest BCUT2D eigenvalue weighted by molar-refractivity contribution is 0.0697. The number of hydrogen-bond acceptors (Lipinski definition) is 7. The number of aromatic nitrogens is 2. The van der Waals surface area contributed by atoms with E-state index in [0.717, 1.165) is 11.3 Å². The van der Waals surface area contributed by atoms with Crippen LogP contribution in [0.3, 0.4) is 0 Å². The second-order valence-corrected chi connectivity index (χ2v) is 6.48. The maximum atomic E-state index is 10.9. The number of benzene rings is 2. The van der Waals surface area contributed by atoms with Gasteiger partial charge in [-0.15, -0.1) is 0 Å². The highest BCUT2D eigenvalue weighted by molar-refractivity contribution is 5.87. The fraction of sp³-hybridized carbons (Fsp3) is 0.0909. The smallest absolute Gasteiger partial charge is 0.335 e. The number of fused-ring (bicyclic) bond motifs is 1. The monoisotopic (exact) mass is 399 g/mol. The molecular weight excluding hydrogens is 382 g/mol. The third-order valence-electron chi connectivity index (χ3n) is 4.50. The number of nitrogens with one attached hydrogen (secondary N) is 2. The van der Waals surface area contributed by atoms with Crippen LogP contribution in [0.2, 0.25) is 0 Å². The van der Waals surface area contributed by atoms with Crippen molar-refractivity contribution < 1.29 is 14.6 Å². The lowest BCUT2D eigenvalue weighted by atomic mass is 10.1. The summed E-state index contributed by atoms with van der Waals surface area (Å²) < 4.78 is 5.74. The SMILES string of the molecule is N#CC(=C1Nc2ccccc2O1)c1ccnc(NCCc2ccc(C(=O)O)cc2)n1. The van der Waals surface area contributed by atoms with Gasteiger partial charge < -0.3 is 20.5 Å². The molecule has 30 heavy (non-hydrogen) atoms. The number of carboxylic acid groups (broad SMARTS) is 1. The average molecular weight is 399 g/mol. The van der Waals surface area contributed by atoms with Crippen molar-refractivity contribution in [3.05, 3.63) is 83.5 Å². The van der Waals surface area contributed by atoms with Gasteiger partial charge in [0, 0.05) is 12.7 Å². The minimum Gasteiger partial charge on any atom is -0.478 e. The largest absolute Gasteiger partial charge is 0.478 e. The number of carbonyl (C=O) groups is 1. The Morgan fingerprint density at radius 2 is 1.97 bits per heavy atom. The third-order valence-corrected chi connectivity index (χ3v) is 4.50. The first-order chi connectivity index (χ1) is 14.6. The van der Waals surface area contributed by atoms with E-state index >= 15 is 0 Å². The minimum absolute atomic E-state index is 0.254. The van der Waals surface area contributed by atoms with Gasteiger partial charge in [0.05, 0.1) is 16.9 Å². The van der Waals surface area contributed by atoms with Crippen molar-refractivity contribution in [3.63, 3.8) is 0 Å². The van der Waals surface area contributed by atoms with Crippen molar-refractivity contribution >= 4 is 23.2 Å². The molecule has 0 bridgehead atoms. The molecule has 1 aromatic heterocycles.